The van der Waals surface area contributed by atoms with E-state index in [1.165, 1.54) is 15.6 Å². The number of carbonyl (C=O) groups is 1. The molecule has 7 nitrogen and oxygen atoms in total. The predicted octanol–water partition coefficient (Wildman–Crippen LogP) is 0.202. The highest BCUT2D eigenvalue weighted by Gasteiger charge is 2.30. The first-order valence-corrected chi connectivity index (χ1v) is 9.47. The molecular weight excluding hydrogens is 324 g/mol. The van der Waals surface area contributed by atoms with Gasteiger partial charge in [0.25, 0.3) is 10.0 Å². The molecule has 0 atom stereocenters. The maximum atomic E-state index is 12.8. The van der Waals surface area contributed by atoms with Gasteiger partial charge in [-0.25, -0.2) is 13.4 Å². The van der Waals surface area contributed by atoms with Gasteiger partial charge in [-0.05, 0) is 26.8 Å². The lowest BCUT2D eigenvalue weighted by atomic mass is 10.4. The van der Waals surface area contributed by atoms with Crippen molar-refractivity contribution in [2.24, 2.45) is 0 Å². The summed E-state index contributed by atoms with van der Waals surface area (Å²) in [6, 6.07) is 0. The third-order valence-electron chi connectivity index (χ3n) is 3.63. The number of sulfonamides is 1. The van der Waals surface area contributed by atoms with E-state index in [4.69, 9.17) is 0 Å². The highest BCUT2D eigenvalue weighted by Crippen LogP contribution is 2.26. The molecule has 0 aromatic carbocycles. The zero-order chi connectivity index (χ0) is 16.3. The van der Waals surface area contributed by atoms with Gasteiger partial charge < -0.3 is 5.32 Å². The number of nitrogens with one attached hydrogen (secondary N) is 1. The Labute approximate surface area is 135 Å². The summed E-state index contributed by atoms with van der Waals surface area (Å²) in [6.07, 6.45) is 0.715. The average molecular weight is 346 g/mol. The van der Waals surface area contributed by atoms with E-state index >= 15 is 0 Å². The lowest BCUT2D eigenvalue weighted by Crippen LogP contribution is -2.39. The summed E-state index contributed by atoms with van der Waals surface area (Å²) in [5.74, 6) is -0.0507. The van der Waals surface area contributed by atoms with Crippen molar-refractivity contribution in [2.75, 3.05) is 39.8 Å². The number of hydrogen-bond donors (Lipinski definition) is 1. The normalized spacial score (nSPS) is 18.1. The van der Waals surface area contributed by atoms with Gasteiger partial charge in [-0.15, -0.1) is 11.3 Å². The Kier molecular flexibility index (Phi) is 5.54. The van der Waals surface area contributed by atoms with E-state index in [2.05, 4.69) is 10.3 Å². The number of aryl methyl sites for hydroxylation is 2. The summed E-state index contributed by atoms with van der Waals surface area (Å²) in [6.45, 7) is 6.00. The molecule has 0 unspecified atom stereocenters. The van der Waals surface area contributed by atoms with Crippen molar-refractivity contribution < 1.29 is 13.2 Å². The zero-order valence-corrected chi connectivity index (χ0v) is 14.8. The zero-order valence-electron chi connectivity index (χ0n) is 13.1. The first kappa shape index (κ1) is 17.3. The van der Waals surface area contributed by atoms with Gasteiger partial charge in [0, 0.05) is 26.7 Å². The monoisotopic (exact) mass is 346 g/mol. The average Bonchev–Trinajstić information content (AvgIpc) is 2.66. The van der Waals surface area contributed by atoms with Crippen LogP contribution in [-0.2, 0) is 14.8 Å². The number of hydrogen-bond acceptors (Lipinski definition) is 6. The maximum absolute atomic E-state index is 12.8. The summed E-state index contributed by atoms with van der Waals surface area (Å²) >= 11 is 1.22. The second-order valence-corrected chi connectivity index (χ2v) is 8.65. The molecule has 1 N–H and O–H groups in total. The fourth-order valence-corrected chi connectivity index (χ4v) is 5.59. The van der Waals surface area contributed by atoms with Crippen LogP contribution >= 0.6 is 11.3 Å². The van der Waals surface area contributed by atoms with Crippen LogP contribution in [0.2, 0.25) is 0 Å². The highest BCUT2D eigenvalue weighted by molar-refractivity contribution is 7.91. The number of likely N-dealkylation sites (N-methyl/N-ethyl adjacent to an activating group) is 1. The standard InChI is InChI=1S/C13H22N4O3S2/c1-10-13(21-11(2)15-10)22(19,20)17-6-4-5-16(7-8-17)9-12(18)14-3/h4-9H2,1-3H3,(H,14,18). The Hall–Kier alpha value is -1.03. The van der Waals surface area contributed by atoms with Gasteiger partial charge >= 0.3 is 0 Å². The largest absolute Gasteiger partial charge is 0.358 e. The van der Waals surface area contributed by atoms with Gasteiger partial charge in [0.05, 0.1) is 17.2 Å². The molecule has 2 heterocycles. The molecule has 0 saturated carbocycles. The van der Waals surface area contributed by atoms with Crippen molar-refractivity contribution in [3.8, 4) is 0 Å². The molecule has 0 spiro atoms. The van der Waals surface area contributed by atoms with Crippen LogP contribution in [0.3, 0.4) is 0 Å². The Morgan fingerprint density at radius 2 is 2.00 bits per heavy atom. The smallest absolute Gasteiger partial charge is 0.254 e. The van der Waals surface area contributed by atoms with E-state index in [9.17, 15) is 13.2 Å². The van der Waals surface area contributed by atoms with Crippen LogP contribution < -0.4 is 5.32 Å². The molecule has 1 aliphatic heterocycles. The summed E-state index contributed by atoms with van der Waals surface area (Å²) in [4.78, 5) is 17.6. The molecule has 0 radical (unpaired) electrons. The molecule has 9 heteroatoms. The molecule has 0 bridgehead atoms. The minimum absolute atomic E-state index is 0.0507. The van der Waals surface area contributed by atoms with E-state index in [0.29, 0.717) is 42.5 Å². The Balaban J connectivity index is 2.10. The Bertz CT molecular complexity index is 642. The van der Waals surface area contributed by atoms with Crippen molar-refractivity contribution >= 4 is 27.3 Å². The number of aromatic nitrogens is 1. The summed E-state index contributed by atoms with van der Waals surface area (Å²) in [5.41, 5.74) is 0.564. The summed E-state index contributed by atoms with van der Waals surface area (Å²) < 4.78 is 27.4. The highest BCUT2D eigenvalue weighted by atomic mass is 32.2. The molecule has 2 rings (SSSR count). The molecule has 1 amide bonds. The van der Waals surface area contributed by atoms with Gasteiger partial charge in [0.15, 0.2) is 4.21 Å². The molecule has 1 saturated heterocycles. The molecule has 1 aliphatic rings. The van der Waals surface area contributed by atoms with E-state index in [0.717, 1.165) is 11.6 Å². The molecule has 1 fully saturated rings. The van der Waals surface area contributed by atoms with E-state index in [1.54, 1.807) is 14.0 Å². The third-order valence-corrected chi connectivity index (χ3v) is 7.19. The van der Waals surface area contributed by atoms with Crippen molar-refractivity contribution in [2.45, 2.75) is 24.5 Å². The van der Waals surface area contributed by atoms with Gasteiger partial charge in [-0.1, -0.05) is 0 Å². The van der Waals surface area contributed by atoms with E-state index in [1.807, 2.05) is 11.8 Å². The van der Waals surface area contributed by atoms with Crippen LogP contribution in [0.25, 0.3) is 0 Å². The number of rotatable bonds is 4. The number of nitrogens with zero attached hydrogens (tertiary/aromatic N) is 3. The van der Waals surface area contributed by atoms with Gasteiger partial charge in [0.1, 0.15) is 0 Å². The van der Waals surface area contributed by atoms with Crippen LogP contribution in [0.4, 0.5) is 0 Å². The Morgan fingerprint density at radius 3 is 2.59 bits per heavy atom. The lowest BCUT2D eigenvalue weighted by molar-refractivity contribution is -0.121. The van der Waals surface area contributed by atoms with Crippen molar-refractivity contribution in [3.05, 3.63) is 10.7 Å². The second kappa shape index (κ2) is 7.03. The predicted molar refractivity (Wildman–Crippen MR) is 85.5 cm³/mol. The number of amides is 1. The Morgan fingerprint density at radius 1 is 1.27 bits per heavy atom. The fraction of sp³-hybridized carbons (Fsp3) is 0.692. The van der Waals surface area contributed by atoms with Crippen LogP contribution in [0, 0.1) is 13.8 Å². The van der Waals surface area contributed by atoms with Crippen molar-refractivity contribution in [3.63, 3.8) is 0 Å². The van der Waals surface area contributed by atoms with E-state index < -0.39 is 10.0 Å². The molecular formula is C13H22N4O3S2. The van der Waals surface area contributed by atoms with Gasteiger partial charge in [-0.3, -0.25) is 9.69 Å². The summed E-state index contributed by atoms with van der Waals surface area (Å²) in [7, 11) is -1.89. The minimum Gasteiger partial charge on any atom is -0.358 e. The van der Waals surface area contributed by atoms with Crippen molar-refractivity contribution in [1.29, 1.82) is 0 Å². The van der Waals surface area contributed by atoms with Crippen LogP contribution in [-0.4, -0.2) is 68.3 Å². The van der Waals surface area contributed by atoms with Crippen LogP contribution in [0.5, 0.6) is 0 Å². The lowest BCUT2D eigenvalue weighted by Gasteiger charge is -2.20. The molecule has 124 valence electrons. The molecule has 1 aromatic heterocycles. The molecule has 22 heavy (non-hydrogen) atoms. The first-order chi connectivity index (χ1) is 10.3. The topological polar surface area (TPSA) is 82.6 Å². The minimum atomic E-state index is -3.49. The SMILES string of the molecule is CNC(=O)CN1CCCN(S(=O)(=O)c2sc(C)nc2C)CC1. The number of thiazole rings is 1. The van der Waals surface area contributed by atoms with Gasteiger partial charge in [0.2, 0.25) is 5.91 Å². The third kappa shape index (κ3) is 3.83. The number of carbonyl (C=O) groups excluding carboxylic acids is 1. The molecule has 1 aromatic rings. The van der Waals surface area contributed by atoms with Crippen molar-refractivity contribution in [1.82, 2.24) is 19.5 Å². The second-order valence-electron chi connectivity index (χ2n) is 5.31. The first-order valence-electron chi connectivity index (χ1n) is 7.21. The van der Waals surface area contributed by atoms with Gasteiger partial charge in [-0.2, -0.15) is 4.31 Å². The summed E-state index contributed by atoms with van der Waals surface area (Å²) in [5, 5.41) is 3.35. The van der Waals surface area contributed by atoms with Crippen LogP contribution in [0.1, 0.15) is 17.1 Å². The maximum Gasteiger partial charge on any atom is 0.254 e. The van der Waals surface area contributed by atoms with Crippen LogP contribution in [0.15, 0.2) is 4.21 Å². The quantitative estimate of drug-likeness (QED) is 0.842. The van der Waals surface area contributed by atoms with E-state index in [-0.39, 0.29) is 5.91 Å². The fourth-order valence-electron chi connectivity index (χ4n) is 2.50. The molecule has 0 aliphatic carbocycles.